The van der Waals surface area contributed by atoms with E-state index in [0.717, 1.165) is 29.7 Å². The molecule has 0 bridgehead atoms. The molecule has 1 atom stereocenters. The highest BCUT2D eigenvalue weighted by Gasteiger charge is 2.31. The maximum atomic E-state index is 3.89. The van der Waals surface area contributed by atoms with Gasteiger partial charge >= 0.3 is 0 Å². The number of hydrogen-bond donors (Lipinski definition) is 1. The fourth-order valence-corrected chi connectivity index (χ4v) is 4.00. The molecule has 1 rings (SSSR count). The minimum absolute atomic E-state index is 0.781. The normalized spacial score (nSPS) is 26.1. The predicted molar refractivity (Wildman–Crippen MR) is 86.4 cm³/mol. The lowest BCUT2D eigenvalue weighted by Gasteiger charge is -2.39. The van der Waals surface area contributed by atoms with E-state index >= 15 is 0 Å². The molecule has 0 saturated heterocycles. The highest BCUT2D eigenvalue weighted by atomic mass is 14.9. The fraction of sp³-hybridized carbons (Fsp3) is 1.00. The summed E-state index contributed by atoms with van der Waals surface area (Å²) in [6, 6.07) is 0.781. The molecule has 1 unspecified atom stereocenters. The first-order valence-electron chi connectivity index (χ1n) is 8.87. The van der Waals surface area contributed by atoms with Crippen LogP contribution in [0, 0.1) is 23.7 Å². The molecule has 1 fully saturated rings. The van der Waals surface area contributed by atoms with Gasteiger partial charge in [0, 0.05) is 6.04 Å². The molecule has 0 aromatic heterocycles. The van der Waals surface area contributed by atoms with Crippen molar-refractivity contribution in [3.63, 3.8) is 0 Å². The van der Waals surface area contributed by atoms with Gasteiger partial charge in [-0.3, -0.25) is 0 Å². The van der Waals surface area contributed by atoms with Gasteiger partial charge in [-0.15, -0.1) is 0 Å². The summed E-state index contributed by atoms with van der Waals surface area (Å²) in [5.41, 5.74) is 0. The van der Waals surface area contributed by atoms with E-state index in [9.17, 15) is 0 Å². The molecule has 1 saturated carbocycles. The molecular weight excluding hydrogens is 230 g/mol. The molecule has 1 heteroatoms. The lowest BCUT2D eigenvalue weighted by Crippen LogP contribution is -2.44. The average Bonchev–Trinajstić information content (AvgIpc) is 2.43. The van der Waals surface area contributed by atoms with E-state index in [4.69, 9.17) is 0 Å². The van der Waals surface area contributed by atoms with Crippen LogP contribution in [0.2, 0.25) is 0 Å². The van der Waals surface area contributed by atoms with Crippen LogP contribution in [0.4, 0.5) is 0 Å². The fourth-order valence-electron chi connectivity index (χ4n) is 4.00. The second kappa shape index (κ2) is 9.00. The minimum Gasteiger partial charge on any atom is -0.313 e. The predicted octanol–water partition coefficient (Wildman–Crippen LogP) is 5.25. The summed E-state index contributed by atoms with van der Waals surface area (Å²) >= 11 is 0. The van der Waals surface area contributed by atoms with Crippen molar-refractivity contribution in [1.29, 1.82) is 0 Å². The molecule has 1 N–H and O–H groups in total. The van der Waals surface area contributed by atoms with Gasteiger partial charge in [-0.25, -0.2) is 0 Å². The number of nitrogens with one attached hydrogen (secondary N) is 1. The first-order valence-corrected chi connectivity index (χ1v) is 8.87. The summed E-state index contributed by atoms with van der Waals surface area (Å²) in [7, 11) is 0. The van der Waals surface area contributed by atoms with Gasteiger partial charge < -0.3 is 5.32 Å². The van der Waals surface area contributed by atoms with Crippen LogP contribution < -0.4 is 5.32 Å². The molecule has 1 aliphatic carbocycles. The van der Waals surface area contributed by atoms with E-state index in [1.54, 1.807) is 0 Å². The third-order valence-corrected chi connectivity index (χ3v) is 5.45. The Balaban J connectivity index is 2.55. The number of hydrogen-bond acceptors (Lipinski definition) is 1. The molecule has 114 valence electrons. The highest BCUT2D eigenvalue weighted by Crippen LogP contribution is 2.37. The largest absolute Gasteiger partial charge is 0.313 e. The van der Waals surface area contributed by atoms with Crippen LogP contribution in [0.5, 0.6) is 0 Å². The highest BCUT2D eigenvalue weighted by molar-refractivity contribution is 4.86. The summed E-state index contributed by atoms with van der Waals surface area (Å²) in [5, 5.41) is 3.89. The Morgan fingerprint density at radius 3 is 1.84 bits per heavy atom. The summed E-state index contributed by atoms with van der Waals surface area (Å²) < 4.78 is 0. The molecule has 0 aromatic rings. The summed E-state index contributed by atoms with van der Waals surface area (Å²) in [4.78, 5) is 0. The zero-order valence-corrected chi connectivity index (χ0v) is 14.0. The van der Waals surface area contributed by atoms with Gasteiger partial charge in [0.15, 0.2) is 0 Å². The molecule has 0 spiro atoms. The van der Waals surface area contributed by atoms with Crippen LogP contribution in [0.15, 0.2) is 0 Å². The summed E-state index contributed by atoms with van der Waals surface area (Å²) in [6.07, 6.45) is 9.78. The van der Waals surface area contributed by atoms with Crippen molar-refractivity contribution < 1.29 is 0 Å². The lowest BCUT2D eigenvalue weighted by molar-refractivity contribution is 0.152. The molecule has 0 amide bonds. The van der Waals surface area contributed by atoms with E-state index in [1.165, 1.54) is 51.5 Å². The van der Waals surface area contributed by atoms with E-state index in [1.807, 2.05) is 0 Å². The molecule has 0 radical (unpaired) electrons. The lowest BCUT2D eigenvalue weighted by atomic mass is 9.71. The molecule has 1 nitrogen and oxygen atoms in total. The summed E-state index contributed by atoms with van der Waals surface area (Å²) in [5.74, 6) is 3.69. The van der Waals surface area contributed by atoms with E-state index in [2.05, 4.69) is 39.9 Å². The van der Waals surface area contributed by atoms with Crippen molar-refractivity contribution in [1.82, 2.24) is 5.32 Å². The van der Waals surface area contributed by atoms with Crippen LogP contribution in [0.25, 0.3) is 0 Å². The smallest absolute Gasteiger partial charge is 0.0123 e. The third kappa shape index (κ3) is 5.10. The van der Waals surface area contributed by atoms with Crippen molar-refractivity contribution in [3.8, 4) is 0 Å². The first-order chi connectivity index (χ1) is 9.13. The van der Waals surface area contributed by atoms with Crippen molar-refractivity contribution in [2.24, 2.45) is 23.7 Å². The van der Waals surface area contributed by atoms with Crippen LogP contribution in [-0.4, -0.2) is 12.6 Å². The average molecular weight is 268 g/mol. The maximum Gasteiger partial charge on any atom is 0.0123 e. The number of rotatable bonds is 8. The SMILES string of the molecule is CCCNC(C(CC)CC)C1CCC(C(C)C)CC1. The first kappa shape index (κ1) is 17.0. The second-order valence-electron chi connectivity index (χ2n) is 6.98. The van der Waals surface area contributed by atoms with Gasteiger partial charge in [0.2, 0.25) is 0 Å². The van der Waals surface area contributed by atoms with E-state index < -0.39 is 0 Å². The van der Waals surface area contributed by atoms with Crippen molar-refractivity contribution >= 4 is 0 Å². The van der Waals surface area contributed by atoms with Gasteiger partial charge in [0.25, 0.3) is 0 Å². The van der Waals surface area contributed by atoms with Gasteiger partial charge in [-0.2, -0.15) is 0 Å². The van der Waals surface area contributed by atoms with Gasteiger partial charge in [-0.1, -0.05) is 47.5 Å². The second-order valence-corrected chi connectivity index (χ2v) is 6.98. The Kier molecular flexibility index (Phi) is 8.06. The monoisotopic (exact) mass is 267 g/mol. The topological polar surface area (TPSA) is 12.0 Å². The minimum atomic E-state index is 0.781. The van der Waals surface area contributed by atoms with Crippen LogP contribution in [-0.2, 0) is 0 Å². The van der Waals surface area contributed by atoms with Gasteiger partial charge in [0.05, 0.1) is 0 Å². The molecule has 19 heavy (non-hydrogen) atoms. The summed E-state index contributed by atoms with van der Waals surface area (Å²) in [6.45, 7) is 13.0. The van der Waals surface area contributed by atoms with Gasteiger partial charge in [-0.05, 0) is 62.3 Å². The van der Waals surface area contributed by atoms with E-state index in [-0.39, 0.29) is 0 Å². The van der Waals surface area contributed by atoms with Gasteiger partial charge in [0.1, 0.15) is 0 Å². The zero-order chi connectivity index (χ0) is 14.3. The Hall–Kier alpha value is -0.0400. The van der Waals surface area contributed by atoms with Crippen molar-refractivity contribution in [2.75, 3.05) is 6.54 Å². The molecule has 0 aromatic carbocycles. The van der Waals surface area contributed by atoms with Crippen LogP contribution >= 0.6 is 0 Å². The van der Waals surface area contributed by atoms with Crippen molar-refractivity contribution in [2.45, 2.75) is 85.6 Å². The molecule has 0 aliphatic heterocycles. The van der Waals surface area contributed by atoms with Crippen LogP contribution in [0.3, 0.4) is 0 Å². The van der Waals surface area contributed by atoms with Crippen LogP contribution in [0.1, 0.15) is 79.6 Å². The Morgan fingerprint density at radius 1 is 0.895 bits per heavy atom. The van der Waals surface area contributed by atoms with Crippen molar-refractivity contribution in [3.05, 3.63) is 0 Å². The molecule has 0 heterocycles. The standard InChI is InChI=1S/C18H37N/c1-6-13-19-18(15(7-2)8-3)17-11-9-16(10-12-17)14(4)5/h14-19H,6-13H2,1-5H3. The third-order valence-electron chi connectivity index (χ3n) is 5.45. The quantitative estimate of drug-likeness (QED) is 0.633. The molecule has 1 aliphatic rings. The Morgan fingerprint density at radius 2 is 1.42 bits per heavy atom. The zero-order valence-electron chi connectivity index (χ0n) is 14.0. The maximum absolute atomic E-state index is 3.89. The van der Waals surface area contributed by atoms with E-state index in [0.29, 0.717) is 0 Å². The molecular formula is C18H37N. The Labute approximate surface area is 121 Å². The Bertz CT molecular complexity index is 212.